The van der Waals surface area contributed by atoms with Crippen LogP contribution in [-0.4, -0.2) is 43.1 Å². The second-order valence-electron chi connectivity index (χ2n) is 5.29. The van der Waals surface area contributed by atoms with Gasteiger partial charge < -0.3 is 14.2 Å². The van der Waals surface area contributed by atoms with Gasteiger partial charge in [-0.05, 0) is 32.6 Å². The number of hydrogen-bond donors (Lipinski definition) is 0. The molecule has 1 rings (SSSR count). The van der Waals surface area contributed by atoms with Crippen LogP contribution in [0, 0.1) is 0 Å². The zero-order chi connectivity index (χ0) is 17.5. The molecule has 0 heterocycles. The summed E-state index contributed by atoms with van der Waals surface area (Å²) in [6.45, 7) is 3.73. The lowest BCUT2D eigenvalue weighted by Crippen LogP contribution is -2.43. The Labute approximate surface area is 132 Å². The molecule has 0 atom stereocenters. The highest BCUT2D eigenvalue weighted by Crippen LogP contribution is 2.24. The van der Waals surface area contributed by atoms with E-state index in [1.54, 1.807) is 0 Å². The quantitative estimate of drug-likeness (QED) is 0.233. The maximum Gasteiger partial charge on any atom is 0.437 e. The van der Waals surface area contributed by atoms with Crippen LogP contribution in [0.25, 0.3) is 0 Å². The largest absolute Gasteiger partial charge is 0.459 e. The zero-order valence-corrected chi connectivity index (χ0v) is 12.9. The lowest BCUT2D eigenvalue weighted by atomic mass is 9.98. The lowest BCUT2D eigenvalue weighted by Gasteiger charge is -2.23. The molecule has 0 amide bonds. The van der Waals surface area contributed by atoms with Crippen molar-refractivity contribution in [2.75, 3.05) is 13.2 Å². The predicted octanol–water partition coefficient (Wildman–Crippen LogP) is 2.16. The van der Waals surface area contributed by atoms with E-state index in [2.05, 4.69) is 20.8 Å². The molecule has 6 nitrogen and oxygen atoms in total. The van der Waals surface area contributed by atoms with Crippen LogP contribution in [0.5, 0.6) is 0 Å². The normalized spacial score (nSPS) is 15.6. The first-order chi connectivity index (χ1) is 10.7. The van der Waals surface area contributed by atoms with Gasteiger partial charge >= 0.3 is 23.8 Å². The Hall–Kier alpha value is -1.99. The minimum atomic E-state index is -4.38. The maximum absolute atomic E-state index is 13.6. The van der Waals surface area contributed by atoms with Crippen LogP contribution in [0.1, 0.15) is 39.0 Å². The summed E-state index contributed by atoms with van der Waals surface area (Å²) >= 11 is 0. The number of carbonyl (C=O) groups is 3. The lowest BCUT2D eigenvalue weighted by molar-refractivity contribution is -0.195. The SMILES string of the molecule is C=C(C)C(=O)OCCOC(=O)C(F)(F)C(=O)OC1CCCCC1. The van der Waals surface area contributed by atoms with Crippen molar-refractivity contribution in [2.45, 2.75) is 51.1 Å². The van der Waals surface area contributed by atoms with Crippen LogP contribution in [0.15, 0.2) is 12.2 Å². The second-order valence-corrected chi connectivity index (χ2v) is 5.29. The summed E-state index contributed by atoms with van der Waals surface area (Å²) in [4.78, 5) is 33.8. The molecular weight excluding hydrogens is 314 g/mol. The van der Waals surface area contributed by atoms with Gasteiger partial charge in [0, 0.05) is 5.57 Å². The van der Waals surface area contributed by atoms with E-state index in [1.165, 1.54) is 6.92 Å². The highest BCUT2D eigenvalue weighted by atomic mass is 19.3. The number of esters is 3. The fourth-order valence-electron chi connectivity index (χ4n) is 1.97. The molecular formula is C15H20F2O6. The Kier molecular flexibility index (Phi) is 7.12. The average molecular weight is 334 g/mol. The highest BCUT2D eigenvalue weighted by Gasteiger charge is 2.51. The van der Waals surface area contributed by atoms with Gasteiger partial charge in [0.2, 0.25) is 0 Å². The summed E-state index contributed by atoms with van der Waals surface area (Å²) < 4.78 is 40.7. The monoisotopic (exact) mass is 334 g/mol. The topological polar surface area (TPSA) is 78.9 Å². The fraction of sp³-hybridized carbons (Fsp3) is 0.667. The van der Waals surface area contributed by atoms with Crippen LogP contribution in [-0.2, 0) is 28.6 Å². The van der Waals surface area contributed by atoms with Crippen molar-refractivity contribution < 1.29 is 37.4 Å². The van der Waals surface area contributed by atoms with E-state index in [-0.39, 0.29) is 5.57 Å². The number of alkyl halides is 2. The van der Waals surface area contributed by atoms with Crippen LogP contribution >= 0.6 is 0 Å². The summed E-state index contributed by atoms with van der Waals surface area (Å²) in [6, 6.07) is 0. The molecule has 130 valence electrons. The van der Waals surface area contributed by atoms with Crippen molar-refractivity contribution in [1.29, 1.82) is 0 Å². The van der Waals surface area contributed by atoms with Crippen LogP contribution in [0.4, 0.5) is 8.78 Å². The van der Waals surface area contributed by atoms with Crippen molar-refractivity contribution in [2.24, 2.45) is 0 Å². The third kappa shape index (κ3) is 5.96. The Morgan fingerprint density at radius 3 is 2.17 bits per heavy atom. The number of hydrogen-bond acceptors (Lipinski definition) is 6. The zero-order valence-electron chi connectivity index (χ0n) is 12.9. The first-order valence-electron chi connectivity index (χ1n) is 7.34. The summed E-state index contributed by atoms with van der Waals surface area (Å²) in [5.41, 5.74) is 0.123. The van der Waals surface area contributed by atoms with Gasteiger partial charge in [0.15, 0.2) is 0 Å². The molecule has 1 aliphatic rings. The molecule has 0 aromatic heterocycles. The van der Waals surface area contributed by atoms with Crippen LogP contribution in [0.2, 0.25) is 0 Å². The van der Waals surface area contributed by atoms with Gasteiger partial charge in [-0.15, -0.1) is 0 Å². The van der Waals surface area contributed by atoms with E-state index >= 15 is 0 Å². The summed E-state index contributed by atoms with van der Waals surface area (Å²) in [5.74, 6) is -9.04. The van der Waals surface area contributed by atoms with E-state index in [1.807, 2.05) is 0 Å². The van der Waals surface area contributed by atoms with Crippen LogP contribution in [0.3, 0.4) is 0 Å². The van der Waals surface area contributed by atoms with Crippen molar-refractivity contribution >= 4 is 17.9 Å². The molecule has 0 radical (unpaired) electrons. The number of ether oxygens (including phenoxy) is 3. The van der Waals surface area contributed by atoms with E-state index in [9.17, 15) is 23.2 Å². The van der Waals surface area contributed by atoms with E-state index in [0.717, 1.165) is 19.3 Å². The first kappa shape index (κ1) is 19.1. The maximum atomic E-state index is 13.6. The molecule has 0 bridgehead atoms. The molecule has 0 spiro atoms. The second kappa shape index (κ2) is 8.59. The molecule has 8 heteroatoms. The highest BCUT2D eigenvalue weighted by molar-refractivity contribution is 6.01. The molecule has 0 N–H and O–H groups in total. The molecule has 1 saturated carbocycles. The Morgan fingerprint density at radius 2 is 1.61 bits per heavy atom. The van der Waals surface area contributed by atoms with Crippen molar-refractivity contribution in [3.05, 3.63) is 12.2 Å². The van der Waals surface area contributed by atoms with Gasteiger partial charge in [-0.3, -0.25) is 0 Å². The first-order valence-corrected chi connectivity index (χ1v) is 7.34. The number of halogens is 2. The third-order valence-electron chi connectivity index (χ3n) is 3.24. The average Bonchev–Trinajstić information content (AvgIpc) is 2.51. The Bertz CT molecular complexity index is 469. The minimum absolute atomic E-state index is 0.123. The predicted molar refractivity (Wildman–Crippen MR) is 74.6 cm³/mol. The van der Waals surface area contributed by atoms with Gasteiger partial charge in [-0.25, -0.2) is 14.4 Å². The van der Waals surface area contributed by atoms with Gasteiger partial charge in [0.25, 0.3) is 0 Å². The molecule has 0 aromatic carbocycles. The summed E-state index contributed by atoms with van der Waals surface area (Å²) in [5, 5.41) is 0. The molecule has 1 fully saturated rings. The molecule has 0 aromatic rings. The molecule has 1 aliphatic carbocycles. The third-order valence-corrected chi connectivity index (χ3v) is 3.24. The smallest absolute Gasteiger partial charge is 0.437 e. The summed E-state index contributed by atoms with van der Waals surface area (Å²) in [6.07, 6.45) is 2.98. The van der Waals surface area contributed by atoms with Crippen LogP contribution < -0.4 is 0 Å². The minimum Gasteiger partial charge on any atom is -0.459 e. The van der Waals surface area contributed by atoms with E-state index in [0.29, 0.717) is 12.8 Å². The van der Waals surface area contributed by atoms with E-state index in [4.69, 9.17) is 0 Å². The number of rotatable bonds is 7. The molecule has 0 aliphatic heterocycles. The van der Waals surface area contributed by atoms with Crippen molar-refractivity contribution in [3.63, 3.8) is 0 Å². The van der Waals surface area contributed by atoms with Gasteiger partial charge in [-0.1, -0.05) is 13.0 Å². The molecule has 0 unspecified atom stereocenters. The number of carbonyl (C=O) groups excluding carboxylic acids is 3. The molecule has 23 heavy (non-hydrogen) atoms. The van der Waals surface area contributed by atoms with Gasteiger partial charge in [0.1, 0.15) is 19.3 Å². The van der Waals surface area contributed by atoms with E-state index < -0.39 is 43.1 Å². The van der Waals surface area contributed by atoms with Gasteiger partial charge in [0.05, 0.1) is 0 Å². The fourth-order valence-corrected chi connectivity index (χ4v) is 1.97. The molecule has 0 saturated heterocycles. The standard InChI is InChI=1S/C15H20F2O6/c1-10(2)12(18)21-8-9-22-13(19)15(16,17)14(20)23-11-6-4-3-5-7-11/h11H,1,3-9H2,2H3. The van der Waals surface area contributed by atoms with Gasteiger partial charge in [-0.2, -0.15) is 8.78 Å². The van der Waals surface area contributed by atoms with Crippen molar-refractivity contribution in [3.8, 4) is 0 Å². The Balaban J connectivity index is 2.38. The van der Waals surface area contributed by atoms with Crippen molar-refractivity contribution in [1.82, 2.24) is 0 Å². The summed E-state index contributed by atoms with van der Waals surface area (Å²) in [7, 11) is 0. The Morgan fingerprint density at radius 1 is 1.04 bits per heavy atom.